The van der Waals surface area contributed by atoms with Crippen LogP contribution in [0.1, 0.15) is 64.2 Å². The molecule has 0 bridgehead atoms. The Balaban J connectivity index is 0.00000272. The molecule has 1 aliphatic heterocycles. The Bertz CT molecular complexity index is 835. The molecule has 1 unspecified atom stereocenters. The molecule has 1 N–H and O–H groups in total. The van der Waals surface area contributed by atoms with E-state index in [0.717, 1.165) is 50.9 Å². The number of carbonyl (C=O) groups excluding carboxylic acids is 1. The summed E-state index contributed by atoms with van der Waals surface area (Å²) in [6, 6.07) is 4.41. The maximum absolute atomic E-state index is 13.4. The molecule has 0 aromatic heterocycles. The number of methoxy groups -OCH3 is 2. The van der Waals surface area contributed by atoms with E-state index in [9.17, 15) is 13.2 Å². The van der Waals surface area contributed by atoms with Crippen molar-refractivity contribution in [2.45, 2.75) is 75.1 Å². The van der Waals surface area contributed by atoms with E-state index in [1.165, 1.54) is 39.5 Å². The minimum Gasteiger partial charge on any atom is -0.493 e. The number of benzene rings is 1. The highest BCUT2D eigenvalue weighted by Gasteiger charge is 2.34. The van der Waals surface area contributed by atoms with E-state index in [0.29, 0.717) is 24.6 Å². The molecule has 1 saturated heterocycles. The van der Waals surface area contributed by atoms with Gasteiger partial charge in [0.15, 0.2) is 11.5 Å². The Hall–Kier alpha value is -1.80. The molecular formula is C25H39N2O5S. The molecule has 5 radical (unpaired) electrons. The first-order chi connectivity index (χ1) is 15.0. The number of hydrogen-bond acceptors (Lipinski definition) is 5. The summed E-state index contributed by atoms with van der Waals surface area (Å²) in [4.78, 5) is 12.9. The molecule has 1 saturated carbocycles. The Kier molecular flexibility index (Phi) is 12.2. The number of ether oxygens (including phenoxy) is 2. The van der Waals surface area contributed by atoms with E-state index >= 15 is 0 Å². The van der Waals surface area contributed by atoms with Crippen LogP contribution in [0.25, 0.3) is 0 Å². The third-order valence-corrected chi connectivity index (χ3v) is 8.26. The molecule has 0 spiro atoms. The minimum atomic E-state index is -3.71. The van der Waals surface area contributed by atoms with Crippen LogP contribution in [0, 0.1) is 20.8 Å². The predicted octanol–water partition coefficient (Wildman–Crippen LogP) is 4.34. The first-order valence-electron chi connectivity index (χ1n) is 11.3. The standard InChI is InChI=1S/C23H35N2O5S.2CH2/c1-29-21-14-13-20(16-22(21)30-2)31(27,28)25-15-9-8-12-19(25)17-24-23(26)18-10-6-4-3-5-7-11-18;;/h13-14,16,19H,3-12,15,17H2,1-2H3,(H,24,26);2*1H2. The van der Waals surface area contributed by atoms with E-state index in [4.69, 9.17) is 9.47 Å². The van der Waals surface area contributed by atoms with Crippen LogP contribution in [0.3, 0.4) is 0 Å². The van der Waals surface area contributed by atoms with Gasteiger partial charge in [0.05, 0.1) is 25.0 Å². The van der Waals surface area contributed by atoms with E-state index in [1.807, 2.05) is 0 Å². The lowest BCUT2D eigenvalue weighted by molar-refractivity contribution is -0.120. The second-order valence-corrected chi connectivity index (χ2v) is 10.3. The van der Waals surface area contributed by atoms with Gasteiger partial charge in [0, 0.05) is 25.2 Å². The summed E-state index contributed by atoms with van der Waals surface area (Å²) in [5.74, 6) is 1.83. The maximum Gasteiger partial charge on any atom is 0.243 e. The first-order valence-corrected chi connectivity index (χ1v) is 12.8. The largest absolute Gasteiger partial charge is 0.493 e. The van der Waals surface area contributed by atoms with Crippen LogP contribution in [0.2, 0.25) is 0 Å². The van der Waals surface area contributed by atoms with Crippen molar-refractivity contribution in [3.63, 3.8) is 0 Å². The zero-order chi connectivity index (χ0) is 22.3. The number of amides is 1. The summed E-state index contributed by atoms with van der Waals surface area (Å²) >= 11 is 0. The number of nitrogens with zero attached hydrogens (tertiary/aromatic N) is 1. The van der Waals surface area contributed by atoms with Crippen LogP contribution in [0.5, 0.6) is 11.5 Å². The Morgan fingerprint density at radius 2 is 1.61 bits per heavy atom. The molecule has 7 nitrogen and oxygen atoms in total. The van der Waals surface area contributed by atoms with Crippen molar-refractivity contribution < 1.29 is 22.7 Å². The highest BCUT2D eigenvalue weighted by molar-refractivity contribution is 7.89. The minimum absolute atomic E-state index is 0. The van der Waals surface area contributed by atoms with Crippen LogP contribution in [-0.2, 0) is 14.8 Å². The molecule has 1 amide bonds. The Morgan fingerprint density at radius 3 is 2.24 bits per heavy atom. The molecule has 8 heteroatoms. The van der Waals surface area contributed by atoms with Gasteiger partial charge in [-0.2, -0.15) is 4.31 Å². The predicted molar refractivity (Wildman–Crippen MR) is 130 cm³/mol. The molecule has 3 rings (SSSR count). The number of carbonyl (C=O) groups is 1. The molecule has 2 aliphatic rings. The van der Waals surface area contributed by atoms with Crippen molar-refractivity contribution in [1.82, 2.24) is 9.62 Å². The zero-order valence-electron chi connectivity index (χ0n) is 20.1. The third-order valence-electron chi connectivity index (χ3n) is 6.31. The van der Waals surface area contributed by atoms with Gasteiger partial charge in [-0.25, -0.2) is 8.42 Å². The van der Waals surface area contributed by atoms with Crippen LogP contribution < -0.4 is 14.8 Å². The summed E-state index contributed by atoms with van der Waals surface area (Å²) in [5, 5.41) is 3.04. The fraction of sp³-hybridized carbons (Fsp3) is 0.600. The number of rotatable bonds is 7. The van der Waals surface area contributed by atoms with Gasteiger partial charge in [-0.05, 0) is 37.8 Å². The summed E-state index contributed by atoms with van der Waals surface area (Å²) in [7, 11) is -0.709. The average Bonchev–Trinajstić information content (AvgIpc) is 2.76. The second kappa shape index (κ2) is 13.8. The normalized spacial score (nSPS) is 20.4. The topological polar surface area (TPSA) is 84.9 Å². The molecular weight excluding hydrogens is 440 g/mol. The van der Waals surface area contributed by atoms with Crippen LogP contribution >= 0.6 is 0 Å². The number of hydrogen-bond donors (Lipinski definition) is 1. The van der Waals surface area contributed by atoms with Crippen molar-refractivity contribution >= 4 is 15.9 Å². The molecule has 1 aliphatic carbocycles. The van der Waals surface area contributed by atoms with Crippen molar-refractivity contribution in [1.29, 1.82) is 0 Å². The van der Waals surface area contributed by atoms with Gasteiger partial charge in [0.25, 0.3) is 0 Å². The fourth-order valence-corrected chi connectivity index (χ4v) is 6.21. The van der Waals surface area contributed by atoms with Crippen molar-refractivity contribution in [3.05, 3.63) is 39.0 Å². The van der Waals surface area contributed by atoms with Gasteiger partial charge >= 0.3 is 0 Å². The quantitative estimate of drug-likeness (QED) is 0.629. The lowest BCUT2D eigenvalue weighted by Crippen LogP contribution is -2.49. The molecule has 1 atom stereocenters. The Labute approximate surface area is 201 Å². The number of nitrogens with one attached hydrogen (secondary N) is 1. The monoisotopic (exact) mass is 479 g/mol. The van der Waals surface area contributed by atoms with Crippen molar-refractivity contribution in [2.24, 2.45) is 0 Å². The molecule has 1 aromatic carbocycles. The average molecular weight is 480 g/mol. The number of sulfonamides is 1. The second-order valence-electron chi connectivity index (χ2n) is 8.36. The van der Waals surface area contributed by atoms with E-state index in [1.54, 1.807) is 16.4 Å². The van der Waals surface area contributed by atoms with Gasteiger partial charge in [-0.15, -0.1) is 0 Å². The summed E-state index contributed by atoms with van der Waals surface area (Å²) in [6.45, 7) is 0.794. The SMILES string of the molecule is COc1ccc(S(=O)(=O)N2CCCCC2CNC(=O)[C]2CCCCCCC2)cc1OC.[CH2].[CH2]. The zero-order valence-corrected chi connectivity index (χ0v) is 20.9. The summed E-state index contributed by atoms with van der Waals surface area (Å²) in [5.41, 5.74) is 0. The van der Waals surface area contributed by atoms with Crippen LogP contribution in [-0.4, -0.2) is 52.0 Å². The lowest BCUT2D eigenvalue weighted by atomic mass is 9.90. The van der Waals surface area contributed by atoms with Gasteiger partial charge in [-0.1, -0.05) is 53.4 Å². The van der Waals surface area contributed by atoms with Crippen molar-refractivity contribution in [3.8, 4) is 11.5 Å². The third kappa shape index (κ3) is 7.34. The van der Waals surface area contributed by atoms with Crippen LogP contribution in [0.4, 0.5) is 0 Å². The maximum atomic E-state index is 13.4. The molecule has 185 valence electrons. The summed E-state index contributed by atoms with van der Waals surface area (Å²) < 4.78 is 38.9. The number of piperidine rings is 1. The highest BCUT2D eigenvalue weighted by Crippen LogP contribution is 2.32. The van der Waals surface area contributed by atoms with E-state index in [-0.39, 0.29) is 31.7 Å². The van der Waals surface area contributed by atoms with E-state index < -0.39 is 10.0 Å². The molecule has 1 heterocycles. The van der Waals surface area contributed by atoms with Gasteiger partial charge in [0.2, 0.25) is 15.9 Å². The molecule has 1 aromatic rings. The summed E-state index contributed by atoms with van der Waals surface area (Å²) in [6.07, 6.45) is 9.94. The smallest absolute Gasteiger partial charge is 0.243 e. The molecule has 33 heavy (non-hydrogen) atoms. The van der Waals surface area contributed by atoms with Gasteiger partial charge < -0.3 is 14.8 Å². The van der Waals surface area contributed by atoms with Crippen LogP contribution in [0.15, 0.2) is 23.1 Å². The highest BCUT2D eigenvalue weighted by atomic mass is 32.2. The fourth-order valence-electron chi connectivity index (χ4n) is 4.50. The molecule has 2 fully saturated rings. The van der Waals surface area contributed by atoms with Crippen molar-refractivity contribution in [2.75, 3.05) is 27.3 Å². The lowest BCUT2D eigenvalue weighted by Gasteiger charge is -2.35. The first kappa shape index (κ1) is 29.2. The van der Waals surface area contributed by atoms with Gasteiger partial charge in [0.1, 0.15) is 0 Å². The van der Waals surface area contributed by atoms with Gasteiger partial charge in [-0.3, -0.25) is 4.79 Å². The van der Waals surface area contributed by atoms with E-state index in [2.05, 4.69) is 5.32 Å². The Morgan fingerprint density at radius 1 is 0.970 bits per heavy atom.